The van der Waals surface area contributed by atoms with E-state index in [1.807, 2.05) is 24.3 Å². The number of phenols is 1. The maximum atomic E-state index is 15.1. The predicted molar refractivity (Wildman–Crippen MR) is 344 cm³/mol. The number of phenolic OH excluding ortho intramolecular Hbond substituents is 1. The molecule has 5 aromatic rings. The number of halogens is 4. The molecule has 10 amide bonds. The lowest BCUT2D eigenvalue weighted by atomic mass is 10.0. The molecule has 94 heavy (non-hydrogen) atoms. The highest BCUT2D eigenvalue weighted by Crippen LogP contribution is 2.30. The first-order valence-corrected chi connectivity index (χ1v) is 33.4. The largest absolute Gasteiger partial charge is 0.508 e. The van der Waals surface area contributed by atoms with Gasteiger partial charge in [-0.2, -0.15) is 36.7 Å². The Morgan fingerprint density at radius 1 is 0.649 bits per heavy atom. The number of H-pyrrole nitrogens is 1. The molecule has 2 saturated heterocycles. The molecule has 0 unspecified atom stereocenters. The number of benzene rings is 4. The highest BCUT2D eigenvalue weighted by Gasteiger charge is 2.42. The Morgan fingerprint density at radius 2 is 1.24 bits per heavy atom. The van der Waals surface area contributed by atoms with Gasteiger partial charge in [0.05, 0.1) is 12.1 Å². The molecule has 3 aliphatic rings. The number of carbonyl (C=O) groups excluding carboxylic acids is 10. The fraction of sp³-hybridized carbons (Fsp3) is 0.446. The molecule has 2 fully saturated rings. The van der Waals surface area contributed by atoms with E-state index in [-0.39, 0.29) is 75.1 Å². The number of nitrogens with two attached hydrogens (primary N) is 2. The molecule has 8 rings (SSSR count). The number of aromatic hydroxyl groups is 1. The minimum absolute atomic E-state index is 0.0209. The van der Waals surface area contributed by atoms with Gasteiger partial charge in [-0.3, -0.25) is 47.9 Å². The van der Waals surface area contributed by atoms with E-state index in [9.17, 15) is 65.8 Å². The van der Waals surface area contributed by atoms with E-state index in [0.717, 1.165) is 40.3 Å². The van der Waals surface area contributed by atoms with Gasteiger partial charge in [0.25, 0.3) is 0 Å². The van der Waals surface area contributed by atoms with Gasteiger partial charge in [-0.25, -0.2) is 4.39 Å². The summed E-state index contributed by atoms with van der Waals surface area (Å²) in [5, 5.41) is 29.1. The quantitative estimate of drug-likeness (QED) is 0.0668. The summed E-state index contributed by atoms with van der Waals surface area (Å²) in [5.41, 5.74) is 13.9. The summed E-state index contributed by atoms with van der Waals surface area (Å²) in [7, 11) is 0. The van der Waals surface area contributed by atoms with Crippen molar-refractivity contribution in [2.45, 2.75) is 144 Å². The summed E-state index contributed by atoms with van der Waals surface area (Å²) in [6.07, 6.45) is -2.12. The summed E-state index contributed by atoms with van der Waals surface area (Å²) in [6, 6.07) is 10.7. The Labute approximate surface area is 548 Å². The van der Waals surface area contributed by atoms with Crippen LogP contribution in [0, 0.1) is 5.82 Å². The molecular weight excluding hydrogens is 1260 g/mol. The van der Waals surface area contributed by atoms with Gasteiger partial charge in [-0.1, -0.05) is 48.5 Å². The first-order valence-electron chi connectivity index (χ1n) is 31.1. The van der Waals surface area contributed by atoms with E-state index in [0.29, 0.717) is 65.1 Å². The van der Waals surface area contributed by atoms with Crippen LogP contribution in [0.4, 0.5) is 17.6 Å². The third kappa shape index (κ3) is 19.9. The molecule has 1 aromatic heterocycles. The zero-order valence-electron chi connectivity index (χ0n) is 51.7. The highest BCUT2D eigenvalue weighted by atomic mass is 32.2. The first-order chi connectivity index (χ1) is 44.9. The highest BCUT2D eigenvalue weighted by molar-refractivity contribution is 7.98. The number of nitrogens with one attached hydrogen (secondary N) is 8. The number of hydrogen-bond acceptors (Lipinski definition) is 14. The number of nitrogens with zero attached hydrogens (tertiary/aromatic N) is 2. The van der Waals surface area contributed by atoms with Gasteiger partial charge in [0.1, 0.15) is 59.9 Å². The molecular formula is C65H78F4N12O11S2. The molecule has 3 aliphatic heterocycles. The van der Waals surface area contributed by atoms with Crippen LogP contribution in [-0.4, -0.2) is 165 Å². The number of fused-ring (bicyclic) bond motifs is 5. The second-order valence-electron chi connectivity index (χ2n) is 23.6. The van der Waals surface area contributed by atoms with Gasteiger partial charge in [0, 0.05) is 78.9 Å². The molecule has 504 valence electrons. The normalized spacial score (nSPS) is 23.6. The van der Waals surface area contributed by atoms with Crippen LogP contribution >= 0.6 is 23.5 Å². The van der Waals surface area contributed by atoms with Crippen LogP contribution in [0.25, 0.3) is 10.9 Å². The number of hydrogen-bond donors (Lipinski definition) is 11. The van der Waals surface area contributed by atoms with Crippen molar-refractivity contribution in [1.82, 2.24) is 52.0 Å². The zero-order chi connectivity index (χ0) is 67.6. The van der Waals surface area contributed by atoms with Crippen LogP contribution in [0.1, 0.15) is 91.7 Å². The number of carbonyl (C=O) groups is 10. The molecule has 0 aliphatic carbocycles. The van der Waals surface area contributed by atoms with E-state index >= 15 is 4.79 Å². The van der Waals surface area contributed by atoms with Crippen LogP contribution in [0.15, 0.2) is 97.2 Å². The summed E-state index contributed by atoms with van der Waals surface area (Å²) in [4.78, 5) is 147. The van der Waals surface area contributed by atoms with Crippen molar-refractivity contribution in [3.63, 3.8) is 0 Å². The predicted octanol–water partition coefficient (Wildman–Crippen LogP) is 3.27. The molecule has 2 bridgehead atoms. The van der Waals surface area contributed by atoms with E-state index in [1.165, 1.54) is 71.9 Å². The number of alkyl halides is 3. The Bertz CT molecular complexity index is 3550. The molecule has 13 N–H and O–H groups in total. The Kier molecular flexibility index (Phi) is 25.3. The smallest absolute Gasteiger partial charge is 0.416 e. The Balaban J connectivity index is 1.09. The maximum absolute atomic E-state index is 15.1. The van der Waals surface area contributed by atoms with Crippen molar-refractivity contribution in [3.8, 4) is 5.75 Å². The minimum atomic E-state index is -4.73. The standard InChI is InChI=1S/C65H78F4N12O11S2/c1-37-58(86)77-50(29-39-14-19-45(82)20-15-39)63(91)81-25-6-11-54(81)62(90)79-52(57(71)85)36-94-35-41-8-4-7-40(27-41)34-93-26-22-55(83)75-48(9-2-3-23-70)59(87)73-33-56(84)76-49(30-42-32-72-47-21-18-44(66)31-46(42)47)60(88)78-51(28-38-12-16-43(17-13-38)65(67,68)69)64(92)80-24-5-10-53(80)61(89)74-37/h4,7-8,12-21,27,31-32,37,48-54,72,82H,2-3,5-6,9-11,22-26,28-30,33-36,70H2,1H3,(H2,71,85)(H,73,87)(H,74,89)(H,75,83)(H,76,84)(H,77,86)(H,78,88)(H,79,90)/t37-,48-,49-,50-,51-,52-,53-,54-/m0/s1. The van der Waals surface area contributed by atoms with Crippen LogP contribution in [0.5, 0.6) is 5.75 Å². The van der Waals surface area contributed by atoms with Gasteiger partial charge >= 0.3 is 6.18 Å². The number of rotatable bonds is 11. The van der Waals surface area contributed by atoms with Gasteiger partial charge in [-0.15, -0.1) is 0 Å². The van der Waals surface area contributed by atoms with Crippen LogP contribution in [0.3, 0.4) is 0 Å². The van der Waals surface area contributed by atoms with Crippen molar-refractivity contribution in [2.24, 2.45) is 11.5 Å². The Morgan fingerprint density at radius 3 is 1.86 bits per heavy atom. The molecule has 0 saturated carbocycles. The third-order valence-corrected chi connectivity index (χ3v) is 18.7. The van der Waals surface area contributed by atoms with Crippen LogP contribution < -0.4 is 48.7 Å². The number of primary amides is 1. The maximum Gasteiger partial charge on any atom is 0.416 e. The summed E-state index contributed by atoms with van der Waals surface area (Å²) in [5.74, 6) is -7.01. The van der Waals surface area contributed by atoms with E-state index in [2.05, 4.69) is 42.2 Å². The van der Waals surface area contributed by atoms with Crippen LogP contribution in [0.2, 0.25) is 0 Å². The number of aromatic nitrogens is 1. The number of amides is 10. The fourth-order valence-corrected chi connectivity index (χ4v) is 13.4. The lowest BCUT2D eigenvalue weighted by Crippen LogP contribution is -2.60. The van der Waals surface area contributed by atoms with Crippen molar-refractivity contribution in [1.29, 1.82) is 0 Å². The van der Waals surface area contributed by atoms with Gasteiger partial charge in [0.2, 0.25) is 59.1 Å². The number of aromatic amines is 1. The number of unbranched alkanes of at least 4 members (excludes halogenated alkanes) is 1. The average Bonchev–Trinajstić information content (AvgIpc) is 2.06. The van der Waals surface area contributed by atoms with Crippen molar-refractivity contribution in [2.75, 3.05) is 37.7 Å². The van der Waals surface area contributed by atoms with Crippen molar-refractivity contribution >= 4 is 93.5 Å². The van der Waals surface area contributed by atoms with Gasteiger partial charge < -0.3 is 68.6 Å². The van der Waals surface area contributed by atoms with Gasteiger partial charge in [-0.05, 0) is 129 Å². The monoisotopic (exact) mass is 1340 g/mol. The molecule has 0 radical (unpaired) electrons. The lowest BCUT2D eigenvalue weighted by Gasteiger charge is -2.31. The fourth-order valence-electron chi connectivity index (χ4n) is 11.5. The molecule has 23 nitrogen and oxygen atoms in total. The molecule has 4 aromatic carbocycles. The Hall–Kier alpha value is -8.70. The van der Waals surface area contributed by atoms with E-state index < -0.39 is 138 Å². The first kappa shape index (κ1) is 71.2. The second-order valence-corrected chi connectivity index (χ2v) is 25.7. The minimum Gasteiger partial charge on any atom is -0.508 e. The molecule has 0 spiro atoms. The van der Waals surface area contributed by atoms with Gasteiger partial charge in [0.15, 0.2) is 0 Å². The second kappa shape index (κ2) is 33.4. The van der Waals surface area contributed by atoms with E-state index in [4.69, 9.17) is 11.5 Å². The van der Waals surface area contributed by atoms with Crippen molar-refractivity contribution < 1.29 is 70.6 Å². The SMILES string of the molecule is C[C@@H]1NC(=O)[C@@H]2CCCN2C(=O)[C@H](Cc2ccc(C(F)(F)F)cc2)NC(=O)[C@H](Cc2c[nH]c3ccc(F)cc23)NC(=O)CNC(=O)[C@H](CCCCN)NC(=O)CCSCc2cccc(c2)CSC[C@@H](C(N)=O)NC(=O)[C@@H]2CCCN2C(=O)[C@H](Cc2ccc(O)cc2)NC1=O. The molecule has 8 atom stereocenters. The summed E-state index contributed by atoms with van der Waals surface area (Å²) < 4.78 is 56.2. The topological polar surface area (TPSA) is 349 Å². The summed E-state index contributed by atoms with van der Waals surface area (Å²) >= 11 is 2.81. The third-order valence-electron chi connectivity index (χ3n) is 16.5. The average molecular weight is 1340 g/mol. The number of thioether (sulfide) groups is 2. The van der Waals surface area contributed by atoms with Crippen LogP contribution in [-0.2, 0) is 84.9 Å². The van der Waals surface area contributed by atoms with Crippen molar-refractivity contribution in [3.05, 3.63) is 136 Å². The summed E-state index contributed by atoms with van der Waals surface area (Å²) in [6.45, 7) is 0.968. The van der Waals surface area contributed by atoms with E-state index in [1.54, 1.807) is 12.1 Å². The lowest BCUT2D eigenvalue weighted by molar-refractivity contribution is -0.143. The zero-order valence-corrected chi connectivity index (χ0v) is 53.3. The molecule has 4 heterocycles. The molecule has 29 heteroatoms.